The molecule has 0 aliphatic carbocycles. The molecule has 0 amide bonds. The lowest BCUT2D eigenvalue weighted by Gasteiger charge is -2.15. The first-order valence-electron chi connectivity index (χ1n) is 6.67. The SMILES string of the molecule is COc1ccc(-n2nnnc2C(=CN(C)C)C(=O)C(Cl)(Cl)Cl)cc1. The van der Waals surface area contributed by atoms with Gasteiger partial charge in [0, 0.05) is 20.3 Å². The van der Waals surface area contributed by atoms with E-state index in [4.69, 9.17) is 39.5 Å². The second-order valence-corrected chi connectivity index (χ2v) is 7.23. The first-order valence-corrected chi connectivity index (χ1v) is 7.80. The molecule has 0 unspecified atom stereocenters. The fraction of sp³-hybridized carbons (Fsp3) is 0.286. The van der Waals surface area contributed by atoms with Crippen LogP contribution in [0.25, 0.3) is 11.3 Å². The molecule has 128 valence electrons. The number of tetrazole rings is 1. The van der Waals surface area contributed by atoms with E-state index in [0.29, 0.717) is 11.4 Å². The third-order valence-corrected chi connectivity index (χ3v) is 3.43. The summed E-state index contributed by atoms with van der Waals surface area (Å²) in [6.45, 7) is 0. The maximum absolute atomic E-state index is 12.5. The summed E-state index contributed by atoms with van der Waals surface area (Å²) in [5, 5.41) is 11.4. The molecule has 0 atom stereocenters. The maximum Gasteiger partial charge on any atom is 0.253 e. The number of nitrogens with zero attached hydrogens (tertiary/aromatic N) is 5. The van der Waals surface area contributed by atoms with Crippen LogP contribution in [0.4, 0.5) is 0 Å². The summed E-state index contributed by atoms with van der Waals surface area (Å²) in [4.78, 5) is 14.1. The molecule has 0 fully saturated rings. The minimum absolute atomic E-state index is 0.0702. The van der Waals surface area contributed by atoms with E-state index in [1.807, 2.05) is 0 Å². The molecule has 0 saturated heterocycles. The lowest BCUT2D eigenvalue weighted by molar-refractivity contribution is -0.113. The molecular formula is C14H14Cl3N5O2. The van der Waals surface area contributed by atoms with Crippen molar-refractivity contribution in [2.75, 3.05) is 21.2 Å². The molecule has 2 aromatic rings. The lowest BCUT2D eigenvalue weighted by atomic mass is 10.1. The summed E-state index contributed by atoms with van der Waals surface area (Å²) in [5.74, 6) is 0.103. The molecule has 0 saturated carbocycles. The Balaban J connectivity index is 2.53. The first kappa shape index (κ1) is 18.5. The molecule has 1 heterocycles. The first-order chi connectivity index (χ1) is 11.2. The highest BCUT2D eigenvalue weighted by Gasteiger charge is 2.36. The minimum Gasteiger partial charge on any atom is -0.497 e. The van der Waals surface area contributed by atoms with Crippen LogP contribution in [0.3, 0.4) is 0 Å². The monoisotopic (exact) mass is 389 g/mol. The Bertz CT molecular complexity index is 751. The zero-order valence-electron chi connectivity index (χ0n) is 13.1. The molecule has 10 heteroatoms. The number of benzene rings is 1. The Morgan fingerprint density at radius 2 is 1.88 bits per heavy atom. The van der Waals surface area contributed by atoms with E-state index in [2.05, 4.69) is 15.5 Å². The summed E-state index contributed by atoms with van der Waals surface area (Å²) < 4.78 is 4.37. The number of rotatable bonds is 5. The number of ketones is 1. The van der Waals surface area contributed by atoms with E-state index >= 15 is 0 Å². The topological polar surface area (TPSA) is 73.1 Å². The van der Waals surface area contributed by atoms with Gasteiger partial charge < -0.3 is 9.64 Å². The number of halogens is 3. The van der Waals surface area contributed by atoms with Crippen molar-refractivity contribution in [1.29, 1.82) is 0 Å². The van der Waals surface area contributed by atoms with Crippen molar-refractivity contribution in [3.05, 3.63) is 36.3 Å². The van der Waals surface area contributed by atoms with Crippen LogP contribution in [0.15, 0.2) is 30.5 Å². The molecule has 0 N–H and O–H groups in total. The van der Waals surface area contributed by atoms with E-state index in [1.54, 1.807) is 50.4 Å². The van der Waals surface area contributed by atoms with Crippen LogP contribution in [0, 0.1) is 0 Å². The van der Waals surface area contributed by atoms with Crippen LogP contribution in [-0.2, 0) is 4.79 Å². The van der Waals surface area contributed by atoms with Crippen LogP contribution in [0.5, 0.6) is 5.75 Å². The third-order valence-electron chi connectivity index (χ3n) is 2.92. The van der Waals surface area contributed by atoms with Crippen molar-refractivity contribution in [3.63, 3.8) is 0 Å². The van der Waals surface area contributed by atoms with Gasteiger partial charge in [0.15, 0.2) is 5.82 Å². The molecule has 1 aromatic carbocycles. The average molecular weight is 391 g/mol. The Morgan fingerprint density at radius 3 is 2.38 bits per heavy atom. The van der Waals surface area contributed by atoms with Crippen molar-refractivity contribution in [1.82, 2.24) is 25.1 Å². The number of hydrogen-bond donors (Lipinski definition) is 0. The van der Waals surface area contributed by atoms with E-state index in [0.717, 1.165) is 0 Å². The maximum atomic E-state index is 12.5. The van der Waals surface area contributed by atoms with Crippen molar-refractivity contribution in [3.8, 4) is 11.4 Å². The van der Waals surface area contributed by atoms with E-state index in [1.165, 1.54) is 10.9 Å². The largest absolute Gasteiger partial charge is 0.497 e. The molecule has 0 spiro atoms. The van der Waals surface area contributed by atoms with Gasteiger partial charge in [0.1, 0.15) is 5.75 Å². The van der Waals surface area contributed by atoms with Gasteiger partial charge in [-0.25, -0.2) is 0 Å². The van der Waals surface area contributed by atoms with Gasteiger partial charge in [0.05, 0.1) is 18.4 Å². The molecule has 24 heavy (non-hydrogen) atoms. The number of Topliss-reactive ketones (excluding diaryl/α,β-unsaturated/α-hetero) is 1. The second-order valence-electron chi connectivity index (χ2n) is 4.95. The van der Waals surface area contributed by atoms with Crippen LogP contribution < -0.4 is 4.74 Å². The Labute approximate surface area is 153 Å². The Morgan fingerprint density at radius 1 is 1.25 bits per heavy atom. The van der Waals surface area contributed by atoms with Gasteiger partial charge in [-0.15, -0.1) is 5.10 Å². The highest BCUT2D eigenvalue weighted by Crippen LogP contribution is 2.33. The van der Waals surface area contributed by atoms with E-state index < -0.39 is 9.58 Å². The predicted molar refractivity (Wildman–Crippen MR) is 92.7 cm³/mol. The normalized spacial score (nSPS) is 12.2. The molecule has 0 radical (unpaired) electrons. The van der Waals surface area contributed by atoms with Gasteiger partial charge in [0.25, 0.3) is 3.79 Å². The van der Waals surface area contributed by atoms with Crippen LogP contribution in [0.2, 0.25) is 0 Å². The number of alkyl halides is 3. The highest BCUT2D eigenvalue weighted by molar-refractivity contribution is 6.79. The molecule has 1 aromatic heterocycles. The quantitative estimate of drug-likeness (QED) is 0.577. The summed E-state index contributed by atoms with van der Waals surface area (Å²) in [7, 11) is 5.02. The predicted octanol–water partition coefficient (Wildman–Crippen LogP) is 2.51. The summed E-state index contributed by atoms with van der Waals surface area (Å²) in [6, 6.07) is 6.97. The fourth-order valence-electron chi connectivity index (χ4n) is 1.88. The van der Waals surface area contributed by atoms with Gasteiger partial charge in [0.2, 0.25) is 5.78 Å². The molecule has 7 nitrogen and oxygen atoms in total. The van der Waals surface area contributed by atoms with Gasteiger partial charge in [-0.1, -0.05) is 34.8 Å². The molecule has 0 aliphatic heterocycles. The number of ether oxygens (including phenoxy) is 1. The molecule has 0 bridgehead atoms. The number of hydrogen-bond acceptors (Lipinski definition) is 6. The fourth-order valence-corrected chi connectivity index (χ4v) is 2.19. The van der Waals surface area contributed by atoms with Crippen molar-refractivity contribution < 1.29 is 9.53 Å². The van der Waals surface area contributed by atoms with Crippen molar-refractivity contribution in [2.45, 2.75) is 3.79 Å². The number of carbonyl (C=O) groups excluding carboxylic acids is 1. The number of methoxy groups -OCH3 is 1. The zero-order chi connectivity index (χ0) is 17.9. The number of allylic oxidation sites excluding steroid dienone is 1. The smallest absolute Gasteiger partial charge is 0.253 e. The van der Waals surface area contributed by atoms with Gasteiger partial charge in [-0.3, -0.25) is 4.79 Å². The lowest BCUT2D eigenvalue weighted by Crippen LogP contribution is -2.23. The van der Waals surface area contributed by atoms with Gasteiger partial charge in [-0.2, -0.15) is 4.68 Å². The zero-order valence-corrected chi connectivity index (χ0v) is 15.3. The molecule has 2 rings (SSSR count). The van der Waals surface area contributed by atoms with E-state index in [-0.39, 0.29) is 11.4 Å². The highest BCUT2D eigenvalue weighted by atomic mass is 35.6. The molecular weight excluding hydrogens is 377 g/mol. The Hall–Kier alpha value is -1.83. The van der Waals surface area contributed by atoms with Crippen LogP contribution >= 0.6 is 34.8 Å². The number of carbonyl (C=O) groups is 1. The van der Waals surface area contributed by atoms with Crippen molar-refractivity contribution in [2.24, 2.45) is 0 Å². The summed E-state index contributed by atoms with van der Waals surface area (Å²) in [6.07, 6.45) is 1.50. The average Bonchev–Trinajstić information content (AvgIpc) is 3.00. The third kappa shape index (κ3) is 4.17. The van der Waals surface area contributed by atoms with Gasteiger partial charge >= 0.3 is 0 Å². The number of aromatic nitrogens is 4. The standard InChI is InChI=1S/C14H14Cl3N5O2/c1-21(2)8-11(12(23)14(15,16)17)13-18-19-20-22(13)9-4-6-10(24-3)7-5-9/h4-8H,1-3H3. The van der Waals surface area contributed by atoms with Crippen LogP contribution in [-0.4, -0.2) is 55.9 Å². The summed E-state index contributed by atoms with van der Waals surface area (Å²) >= 11 is 17.2. The Kier molecular flexibility index (Phi) is 5.69. The van der Waals surface area contributed by atoms with Crippen molar-refractivity contribution >= 4 is 46.2 Å². The molecule has 0 aliphatic rings. The van der Waals surface area contributed by atoms with Crippen LogP contribution in [0.1, 0.15) is 5.82 Å². The minimum atomic E-state index is -2.13. The van der Waals surface area contributed by atoms with Gasteiger partial charge in [-0.05, 0) is 34.7 Å². The summed E-state index contributed by atoms with van der Waals surface area (Å²) in [5.41, 5.74) is 0.693. The second kappa shape index (κ2) is 7.38. The van der Waals surface area contributed by atoms with E-state index in [9.17, 15) is 4.79 Å².